The van der Waals surface area contributed by atoms with E-state index in [2.05, 4.69) is 11.4 Å². The third-order valence-corrected chi connectivity index (χ3v) is 3.86. The molecule has 0 aliphatic rings. The van der Waals surface area contributed by atoms with E-state index in [1.807, 2.05) is 47.2 Å². The van der Waals surface area contributed by atoms with Gasteiger partial charge in [0.2, 0.25) is 5.91 Å². The van der Waals surface area contributed by atoms with E-state index in [1.165, 1.54) is 0 Å². The highest BCUT2D eigenvalue weighted by Gasteiger charge is 2.07. The van der Waals surface area contributed by atoms with Gasteiger partial charge in [-0.3, -0.25) is 4.79 Å². The van der Waals surface area contributed by atoms with Crippen LogP contribution in [0.1, 0.15) is 11.1 Å². The van der Waals surface area contributed by atoms with Crippen LogP contribution in [0.15, 0.2) is 54.7 Å². The van der Waals surface area contributed by atoms with E-state index >= 15 is 0 Å². The maximum Gasteiger partial charge on any atom is 0.240 e. The van der Waals surface area contributed by atoms with Crippen LogP contribution >= 0.6 is 11.6 Å². The van der Waals surface area contributed by atoms with Crippen molar-refractivity contribution in [2.45, 2.75) is 13.1 Å². The highest BCUT2D eigenvalue weighted by Crippen LogP contribution is 2.20. The molecule has 1 aromatic heterocycles. The number of hydrogen-bond donors (Lipinski definition) is 1. The summed E-state index contributed by atoms with van der Waals surface area (Å²) < 4.78 is 1.87. The number of amides is 1. The zero-order valence-electron chi connectivity index (χ0n) is 12.3. The van der Waals surface area contributed by atoms with Crippen molar-refractivity contribution in [1.29, 1.82) is 5.26 Å². The van der Waals surface area contributed by atoms with E-state index in [-0.39, 0.29) is 12.5 Å². The summed E-state index contributed by atoms with van der Waals surface area (Å²) in [6.07, 6.45) is 1.88. The van der Waals surface area contributed by atoms with Crippen molar-refractivity contribution in [3.8, 4) is 6.07 Å². The van der Waals surface area contributed by atoms with E-state index < -0.39 is 0 Å². The molecular weight excluding hydrogens is 310 g/mol. The molecular formula is C18H14ClN3O. The molecule has 0 saturated carbocycles. The predicted molar refractivity (Wildman–Crippen MR) is 90.0 cm³/mol. The first-order chi connectivity index (χ1) is 11.2. The molecule has 4 nitrogen and oxygen atoms in total. The second kappa shape index (κ2) is 6.55. The summed E-state index contributed by atoms with van der Waals surface area (Å²) in [5.74, 6) is -0.0770. The Morgan fingerprint density at radius 3 is 2.70 bits per heavy atom. The van der Waals surface area contributed by atoms with Gasteiger partial charge in [-0.2, -0.15) is 5.26 Å². The topological polar surface area (TPSA) is 57.8 Å². The Labute approximate surface area is 138 Å². The Kier molecular flexibility index (Phi) is 4.31. The van der Waals surface area contributed by atoms with Gasteiger partial charge in [-0.05, 0) is 41.3 Å². The van der Waals surface area contributed by atoms with Crippen molar-refractivity contribution in [3.63, 3.8) is 0 Å². The summed E-state index contributed by atoms with van der Waals surface area (Å²) >= 11 is 6.01. The monoisotopic (exact) mass is 323 g/mol. The molecule has 0 saturated heterocycles. The average Bonchev–Trinajstić information content (AvgIpc) is 2.95. The van der Waals surface area contributed by atoms with Crippen molar-refractivity contribution in [2.24, 2.45) is 0 Å². The number of nitrogens with zero attached hydrogens (tertiary/aromatic N) is 2. The number of nitrogens with one attached hydrogen (secondary N) is 1. The summed E-state index contributed by atoms with van der Waals surface area (Å²) in [4.78, 5) is 12.1. The lowest BCUT2D eigenvalue weighted by atomic mass is 10.1. The number of nitriles is 1. The van der Waals surface area contributed by atoms with E-state index in [1.54, 1.807) is 12.1 Å². The molecule has 0 fully saturated rings. The van der Waals surface area contributed by atoms with Gasteiger partial charge in [-0.25, -0.2) is 0 Å². The normalized spacial score (nSPS) is 10.4. The molecule has 1 N–H and O–H groups in total. The molecule has 0 spiro atoms. The van der Waals surface area contributed by atoms with Gasteiger partial charge in [0.05, 0.1) is 11.6 Å². The molecule has 0 aliphatic carbocycles. The summed E-state index contributed by atoms with van der Waals surface area (Å²) in [6.45, 7) is 0.671. The fraction of sp³-hybridized carbons (Fsp3) is 0.111. The van der Waals surface area contributed by atoms with E-state index in [9.17, 15) is 4.79 Å². The van der Waals surface area contributed by atoms with Gasteiger partial charge >= 0.3 is 0 Å². The van der Waals surface area contributed by atoms with Crippen molar-refractivity contribution in [3.05, 3.63) is 70.9 Å². The Morgan fingerprint density at radius 1 is 1.17 bits per heavy atom. The largest absolute Gasteiger partial charge is 0.350 e. The van der Waals surface area contributed by atoms with Crippen LogP contribution in [0.25, 0.3) is 10.9 Å². The first kappa shape index (κ1) is 15.1. The first-order valence-corrected chi connectivity index (χ1v) is 7.53. The third kappa shape index (κ3) is 3.53. The van der Waals surface area contributed by atoms with Crippen LogP contribution in [-0.2, 0) is 17.9 Å². The molecule has 23 heavy (non-hydrogen) atoms. The Morgan fingerprint density at radius 2 is 1.96 bits per heavy atom. The minimum atomic E-state index is -0.0770. The fourth-order valence-corrected chi connectivity index (χ4v) is 2.57. The summed E-state index contributed by atoms with van der Waals surface area (Å²) in [5, 5.41) is 13.3. The van der Waals surface area contributed by atoms with Gasteiger partial charge in [0.1, 0.15) is 6.54 Å². The van der Waals surface area contributed by atoms with Crippen LogP contribution in [0.4, 0.5) is 0 Å². The Balaban J connectivity index is 1.64. The number of halogens is 1. The van der Waals surface area contributed by atoms with Crippen LogP contribution in [-0.4, -0.2) is 10.5 Å². The molecule has 5 heteroatoms. The van der Waals surface area contributed by atoms with Gasteiger partial charge in [-0.15, -0.1) is 0 Å². The lowest BCUT2D eigenvalue weighted by molar-refractivity contribution is -0.121. The van der Waals surface area contributed by atoms with Crippen LogP contribution in [0.2, 0.25) is 5.02 Å². The maximum atomic E-state index is 12.1. The lowest BCUT2D eigenvalue weighted by Crippen LogP contribution is -2.26. The number of hydrogen-bond acceptors (Lipinski definition) is 2. The molecule has 2 aromatic carbocycles. The zero-order valence-corrected chi connectivity index (χ0v) is 13.0. The summed E-state index contributed by atoms with van der Waals surface area (Å²) in [7, 11) is 0. The third-order valence-electron chi connectivity index (χ3n) is 3.62. The number of aromatic nitrogens is 1. The number of fused-ring (bicyclic) bond motifs is 1. The zero-order chi connectivity index (χ0) is 16.2. The highest BCUT2D eigenvalue weighted by atomic mass is 35.5. The smallest absolute Gasteiger partial charge is 0.240 e. The molecule has 0 aliphatic heterocycles. The molecule has 0 atom stereocenters. The van der Waals surface area contributed by atoms with Gasteiger partial charge < -0.3 is 9.88 Å². The maximum absolute atomic E-state index is 12.1. The van der Waals surface area contributed by atoms with Crippen molar-refractivity contribution < 1.29 is 4.79 Å². The summed E-state index contributed by atoms with van der Waals surface area (Å²) in [5.41, 5.74) is 2.50. The van der Waals surface area contributed by atoms with E-state index in [0.717, 1.165) is 16.5 Å². The van der Waals surface area contributed by atoms with E-state index in [0.29, 0.717) is 17.1 Å². The van der Waals surface area contributed by atoms with Crippen LogP contribution in [0.3, 0.4) is 0 Å². The molecule has 0 bridgehead atoms. The lowest BCUT2D eigenvalue weighted by Gasteiger charge is -2.08. The van der Waals surface area contributed by atoms with Crippen molar-refractivity contribution in [2.75, 3.05) is 0 Å². The minimum absolute atomic E-state index is 0.0770. The quantitative estimate of drug-likeness (QED) is 0.799. The average molecular weight is 324 g/mol. The second-order valence-corrected chi connectivity index (χ2v) is 5.67. The fourth-order valence-electron chi connectivity index (χ4n) is 2.40. The Hall–Kier alpha value is -2.77. The molecule has 0 radical (unpaired) electrons. The Bertz CT molecular complexity index is 891. The molecule has 1 amide bonds. The highest BCUT2D eigenvalue weighted by molar-refractivity contribution is 6.31. The first-order valence-electron chi connectivity index (χ1n) is 7.16. The second-order valence-electron chi connectivity index (χ2n) is 5.23. The SMILES string of the molecule is N#Cc1ccc(CNC(=O)Cn2ccc3ccc(Cl)cc32)cc1. The molecule has 3 aromatic rings. The number of carbonyl (C=O) groups is 1. The molecule has 3 rings (SSSR count). The standard InChI is InChI=1S/C18H14ClN3O/c19-16-6-5-15-7-8-22(17(15)9-16)12-18(23)21-11-14-3-1-13(10-20)2-4-14/h1-9H,11-12H2,(H,21,23). The van der Waals surface area contributed by atoms with Gasteiger partial charge in [0.15, 0.2) is 0 Å². The van der Waals surface area contributed by atoms with Gasteiger partial charge in [0.25, 0.3) is 0 Å². The van der Waals surface area contributed by atoms with Crippen LogP contribution in [0.5, 0.6) is 0 Å². The predicted octanol–water partition coefficient (Wildman–Crippen LogP) is 3.48. The molecule has 0 unspecified atom stereocenters. The van der Waals surface area contributed by atoms with Crippen LogP contribution in [0, 0.1) is 11.3 Å². The van der Waals surface area contributed by atoms with Gasteiger partial charge in [0, 0.05) is 23.3 Å². The van der Waals surface area contributed by atoms with Crippen molar-refractivity contribution in [1.82, 2.24) is 9.88 Å². The molecule has 114 valence electrons. The number of rotatable bonds is 4. The molecule has 1 heterocycles. The van der Waals surface area contributed by atoms with E-state index in [4.69, 9.17) is 16.9 Å². The van der Waals surface area contributed by atoms with Crippen molar-refractivity contribution >= 4 is 28.4 Å². The minimum Gasteiger partial charge on any atom is -0.350 e. The van der Waals surface area contributed by atoms with Crippen LogP contribution < -0.4 is 5.32 Å². The van der Waals surface area contributed by atoms with Gasteiger partial charge in [-0.1, -0.05) is 29.8 Å². The number of carbonyl (C=O) groups excluding carboxylic acids is 1. The number of benzene rings is 2. The summed E-state index contributed by atoms with van der Waals surface area (Å²) in [6, 6.07) is 16.8.